The number of hydrogen-bond donors (Lipinski definition) is 5. The summed E-state index contributed by atoms with van der Waals surface area (Å²) in [5.41, 5.74) is 1.29. The maximum atomic E-state index is 12.4. The smallest absolute Gasteiger partial charge is 0.467 e. The molecule has 27 heavy (non-hydrogen) atoms. The van der Waals surface area contributed by atoms with Gasteiger partial charge in [0.25, 0.3) is 5.91 Å². The fourth-order valence-corrected chi connectivity index (χ4v) is 2.48. The first-order valence-corrected chi connectivity index (χ1v) is 8.11. The van der Waals surface area contributed by atoms with E-state index in [1.807, 2.05) is 0 Å². The average molecular weight is 371 g/mol. The Morgan fingerprint density at radius 1 is 1.00 bits per heavy atom. The second-order valence-corrected chi connectivity index (χ2v) is 5.87. The molecule has 0 radical (unpaired) electrons. The molecule has 2 aromatic carbocycles. The van der Waals surface area contributed by atoms with Crippen molar-refractivity contribution in [3.05, 3.63) is 59.7 Å². The Morgan fingerprint density at radius 3 is 2.19 bits per heavy atom. The summed E-state index contributed by atoms with van der Waals surface area (Å²) in [5.74, 6) is -1.22. The number of rotatable bonds is 7. The van der Waals surface area contributed by atoms with Crippen molar-refractivity contribution in [3.63, 3.8) is 0 Å². The van der Waals surface area contributed by atoms with Crippen LogP contribution < -0.4 is 16.2 Å². The lowest BCUT2D eigenvalue weighted by Gasteiger charge is -2.17. The number of hydrogen-bond acceptors (Lipinski definition) is 7. The lowest BCUT2D eigenvalue weighted by atomic mass is 9.79. The highest BCUT2D eigenvalue weighted by Crippen LogP contribution is 2.06. The molecule has 0 spiro atoms. The van der Waals surface area contributed by atoms with Crippen LogP contribution in [0.2, 0.25) is 0 Å². The maximum Gasteiger partial charge on any atom is 0.488 e. The van der Waals surface area contributed by atoms with Crippen LogP contribution in [-0.4, -0.2) is 59.4 Å². The molecule has 0 heterocycles. The highest BCUT2D eigenvalue weighted by Gasteiger charge is 2.23. The highest BCUT2D eigenvalue weighted by atomic mass is 16.5. The van der Waals surface area contributed by atoms with E-state index >= 15 is 0 Å². The van der Waals surface area contributed by atoms with E-state index in [4.69, 9.17) is 14.8 Å². The van der Waals surface area contributed by atoms with Crippen LogP contribution in [0.3, 0.4) is 0 Å². The number of ether oxygens (including phenoxy) is 1. The van der Waals surface area contributed by atoms with Gasteiger partial charge >= 0.3 is 20.2 Å². The second kappa shape index (κ2) is 9.33. The Balaban J connectivity index is 2.15. The molecular formula is C17H19B2NO7. The molecular weight excluding hydrogens is 352 g/mol. The summed E-state index contributed by atoms with van der Waals surface area (Å²) >= 11 is 0. The molecule has 1 unspecified atom stereocenters. The van der Waals surface area contributed by atoms with Gasteiger partial charge in [0.1, 0.15) is 6.04 Å². The number of methoxy groups -OCH3 is 1. The molecule has 0 aromatic heterocycles. The summed E-state index contributed by atoms with van der Waals surface area (Å²) in [6.07, 6.45) is 0.128. The van der Waals surface area contributed by atoms with Gasteiger partial charge in [-0.3, -0.25) is 4.79 Å². The van der Waals surface area contributed by atoms with E-state index in [1.165, 1.54) is 43.5 Å². The lowest BCUT2D eigenvalue weighted by molar-refractivity contribution is -0.142. The van der Waals surface area contributed by atoms with Crippen molar-refractivity contribution < 1.29 is 34.4 Å². The molecule has 0 aliphatic heterocycles. The Bertz CT molecular complexity index is 796. The highest BCUT2D eigenvalue weighted by molar-refractivity contribution is 6.59. The zero-order chi connectivity index (χ0) is 20.0. The minimum Gasteiger partial charge on any atom is -0.467 e. The number of amides is 1. The van der Waals surface area contributed by atoms with E-state index in [2.05, 4.69) is 5.32 Å². The van der Waals surface area contributed by atoms with Crippen LogP contribution in [0.25, 0.3) is 0 Å². The first-order valence-electron chi connectivity index (χ1n) is 8.11. The number of esters is 1. The Kier molecular flexibility index (Phi) is 7.14. The monoisotopic (exact) mass is 371 g/mol. The molecule has 0 fully saturated rings. The van der Waals surface area contributed by atoms with E-state index in [0.717, 1.165) is 0 Å². The third-order valence-electron chi connectivity index (χ3n) is 3.96. The van der Waals surface area contributed by atoms with Crippen LogP contribution in [-0.2, 0) is 16.0 Å². The van der Waals surface area contributed by atoms with Gasteiger partial charge in [0.05, 0.1) is 7.11 Å². The van der Waals surface area contributed by atoms with Gasteiger partial charge in [-0.15, -0.1) is 0 Å². The Labute approximate surface area is 156 Å². The first kappa shape index (κ1) is 20.7. The molecule has 10 heteroatoms. The number of carbonyl (C=O) groups is 2. The summed E-state index contributed by atoms with van der Waals surface area (Å²) in [5, 5.41) is 39.2. The fraction of sp³-hybridized carbons (Fsp3) is 0.176. The molecule has 0 saturated heterocycles. The molecule has 2 rings (SSSR count). The predicted octanol–water partition coefficient (Wildman–Crippen LogP) is -2.44. The van der Waals surface area contributed by atoms with E-state index in [1.54, 1.807) is 12.1 Å². The molecule has 0 bridgehead atoms. The fourth-order valence-electron chi connectivity index (χ4n) is 2.48. The molecule has 8 nitrogen and oxygen atoms in total. The van der Waals surface area contributed by atoms with Gasteiger partial charge in [0.2, 0.25) is 0 Å². The summed E-state index contributed by atoms with van der Waals surface area (Å²) in [6, 6.07) is 11.0. The van der Waals surface area contributed by atoms with Crippen LogP contribution in [0.4, 0.5) is 0 Å². The van der Waals surface area contributed by atoms with Gasteiger partial charge < -0.3 is 30.1 Å². The SMILES string of the molecule is COC(=O)C(Cc1ccc(B(O)O)cc1)NC(=O)c1cccc(B(O)O)c1. The second-order valence-electron chi connectivity index (χ2n) is 5.87. The summed E-state index contributed by atoms with van der Waals surface area (Å²) in [4.78, 5) is 24.5. The van der Waals surface area contributed by atoms with Crippen LogP contribution >= 0.6 is 0 Å². The van der Waals surface area contributed by atoms with Gasteiger partial charge in [0, 0.05) is 12.0 Å². The molecule has 0 saturated carbocycles. The largest absolute Gasteiger partial charge is 0.488 e. The number of benzene rings is 2. The standard InChI is InChI=1S/C17H19B2NO7/c1-27-17(22)15(9-11-5-7-13(8-6-11)18(23)24)20-16(21)12-3-2-4-14(10-12)19(25)26/h2-8,10,15,23-26H,9H2,1H3,(H,20,21). The van der Waals surface area contributed by atoms with Crippen molar-refractivity contribution in [1.82, 2.24) is 5.32 Å². The van der Waals surface area contributed by atoms with Crippen LogP contribution in [0.1, 0.15) is 15.9 Å². The van der Waals surface area contributed by atoms with Crippen LogP contribution in [0.5, 0.6) is 0 Å². The number of nitrogens with one attached hydrogen (secondary N) is 1. The van der Waals surface area contributed by atoms with E-state index < -0.39 is 32.2 Å². The van der Waals surface area contributed by atoms with Crippen molar-refractivity contribution in [2.45, 2.75) is 12.5 Å². The van der Waals surface area contributed by atoms with Crippen LogP contribution in [0, 0.1) is 0 Å². The summed E-state index contributed by atoms with van der Waals surface area (Å²) < 4.78 is 4.73. The molecule has 1 amide bonds. The average Bonchev–Trinajstić information content (AvgIpc) is 2.67. The summed E-state index contributed by atoms with van der Waals surface area (Å²) in [6.45, 7) is 0. The van der Waals surface area contributed by atoms with Gasteiger partial charge in [-0.25, -0.2) is 4.79 Å². The van der Waals surface area contributed by atoms with Crippen molar-refractivity contribution in [2.24, 2.45) is 0 Å². The third kappa shape index (κ3) is 5.66. The molecule has 5 N–H and O–H groups in total. The molecule has 1 atom stereocenters. The van der Waals surface area contributed by atoms with Gasteiger partial charge in [-0.2, -0.15) is 0 Å². The zero-order valence-corrected chi connectivity index (χ0v) is 14.6. The lowest BCUT2D eigenvalue weighted by Crippen LogP contribution is -2.43. The van der Waals surface area contributed by atoms with Crippen molar-refractivity contribution in [2.75, 3.05) is 7.11 Å². The molecule has 0 aliphatic carbocycles. The van der Waals surface area contributed by atoms with Gasteiger partial charge in [-0.1, -0.05) is 36.4 Å². The predicted molar refractivity (Wildman–Crippen MR) is 99.5 cm³/mol. The minimum atomic E-state index is -1.71. The molecule has 140 valence electrons. The van der Waals surface area contributed by atoms with Crippen LogP contribution in [0.15, 0.2) is 48.5 Å². The third-order valence-corrected chi connectivity index (χ3v) is 3.96. The van der Waals surface area contributed by atoms with E-state index in [-0.39, 0.29) is 17.4 Å². The van der Waals surface area contributed by atoms with E-state index in [0.29, 0.717) is 11.0 Å². The van der Waals surface area contributed by atoms with Gasteiger partial charge in [0.15, 0.2) is 0 Å². The van der Waals surface area contributed by atoms with Crippen molar-refractivity contribution in [3.8, 4) is 0 Å². The minimum absolute atomic E-state index is 0.128. The Hall–Kier alpha value is -2.65. The Morgan fingerprint density at radius 2 is 1.63 bits per heavy atom. The van der Waals surface area contributed by atoms with E-state index in [9.17, 15) is 19.6 Å². The summed E-state index contributed by atoms with van der Waals surface area (Å²) in [7, 11) is -2.10. The van der Waals surface area contributed by atoms with Gasteiger partial charge in [-0.05, 0) is 28.6 Å². The van der Waals surface area contributed by atoms with Crippen molar-refractivity contribution in [1.29, 1.82) is 0 Å². The topological polar surface area (TPSA) is 136 Å². The maximum absolute atomic E-state index is 12.4. The normalized spacial score (nSPS) is 11.4. The van der Waals surface area contributed by atoms with Crippen molar-refractivity contribution >= 4 is 37.0 Å². The molecule has 2 aromatic rings. The zero-order valence-electron chi connectivity index (χ0n) is 14.6. The first-order chi connectivity index (χ1) is 12.8. The number of carbonyl (C=O) groups excluding carboxylic acids is 2. The quantitative estimate of drug-likeness (QED) is 0.270. The molecule has 0 aliphatic rings.